The number of carbonyl (C=O) groups excluding carboxylic acids is 1. The minimum Gasteiger partial charge on any atom is -0.465 e. The number of aryl methyl sites for hydroxylation is 1. The first-order valence-corrected chi connectivity index (χ1v) is 22.2. The van der Waals surface area contributed by atoms with Gasteiger partial charge in [0.25, 0.3) is 0 Å². The number of methoxy groups -OCH3 is 1. The van der Waals surface area contributed by atoms with E-state index in [4.69, 9.17) is 24.2 Å². The summed E-state index contributed by atoms with van der Waals surface area (Å²) in [7, 11) is -1.02. The highest BCUT2D eigenvalue weighted by Crippen LogP contribution is 2.34. The fourth-order valence-electron chi connectivity index (χ4n) is 4.19. The molecule has 1 aliphatic heterocycles. The molecule has 0 aromatic carbocycles. The fraction of sp³-hybridized carbons (Fsp3) is 0.593. The van der Waals surface area contributed by atoms with Gasteiger partial charge in [-0.1, -0.05) is 39.3 Å². The Kier molecular flexibility index (Phi) is 10.1. The summed E-state index contributed by atoms with van der Waals surface area (Å²) in [6.45, 7) is 18.1. The molecule has 0 radical (unpaired) electrons. The second-order valence-corrected chi connectivity index (χ2v) is 25.0. The van der Waals surface area contributed by atoms with Gasteiger partial charge in [-0.2, -0.15) is 5.10 Å². The maximum Gasteiger partial charge on any atom is 0.353 e. The zero-order valence-corrected chi connectivity index (χ0v) is 28.3. The Morgan fingerprint density at radius 2 is 1.78 bits per heavy atom. The van der Waals surface area contributed by atoms with Crippen LogP contribution in [0.25, 0.3) is 16.9 Å². The van der Waals surface area contributed by atoms with Crippen molar-refractivity contribution in [1.82, 2.24) is 24.1 Å². The molecule has 3 aromatic heterocycles. The van der Waals surface area contributed by atoms with Crippen LogP contribution in [0.5, 0.6) is 0 Å². The van der Waals surface area contributed by atoms with Crippen LogP contribution in [0.3, 0.4) is 0 Å². The lowest BCUT2D eigenvalue weighted by Gasteiger charge is -2.29. The van der Waals surface area contributed by atoms with Crippen molar-refractivity contribution in [1.29, 1.82) is 0 Å². The zero-order chi connectivity index (χ0) is 29.8. The molecule has 0 aliphatic carbocycles. The van der Waals surface area contributed by atoms with Crippen LogP contribution in [-0.4, -0.2) is 84.4 Å². The number of hydrogen-bond acceptors (Lipinski definition) is 10. The molecule has 1 aliphatic rings. The molecule has 4 rings (SSSR count). The van der Waals surface area contributed by atoms with Crippen LogP contribution >= 0.6 is 11.9 Å². The number of imidazole rings is 1. The maximum absolute atomic E-state index is 12.2. The predicted molar refractivity (Wildman–Crippen MR) is 170 cm³/mol. The third-order valence-electron chi connectivity index (χ3n) is 6.66. The molecule has 11 nitrogen and oxygen atoms in total. The number of ether oxygens (including phenoxy) is 3. The molecule has 0 fully saturated rings. The van der Waals surface area contributed by atoms with Gasteiger partial charge >= 0.3 is 5.97 Å². The summed E-state index contributed by atoms with van der Waals surface area (Å²) < 4.78 is 25.2. The highest BCUT2D eigenvalue weighted by molar-refractivity contribution is 7.99. The molecule has 224 valence electrons. The topological polar surface area (TPSA) is 108 Å². The number of aromatic nitrogens is 5. The molecule has 0 amide bonds. The molecule has 3 aromatic rings. The Hall–Kier alpha value is -2.53. The average molecular weight is 618 g/mol. The second-order valence-electron chi connectivity index (χ2n) is 12.8. The molecule has 0 N–H and O–H groups in total. The quantitative estimate of drug-likeness (QED) is 0.0780. The summed E-state index contributed by atoms with van der Waals surface area (Å²) in [5, 5.41) is 4.34. The number of anilines is 1. The molecule has 0 saturated carbocycles. The van der Waals surface area contributed by atoms with E-state index in [2.05, 4.69) is 53.7 Å². The number of fused-ring (bicyclic) bond motifs is 1. The Balaban J connectivity index is 1.58. The summed E-state index contributed by atoms with van der Waals surface area (Å²) in [5.74, 6) is 0.275. The molecule has 1 atom stereocenters. The van der Waals surface area contributed by atoms with Gasteiger partial charge in [0.2, 0.25) is 0 Å². The zero-order valence-electron chi connectivity index (χ0n) is 25.5. The van der Waals surface area contributed by atoms with Crippen LogP contribution in [-0.2, 0) is 25.7 Å². The first-order valence-electron chi connectivity index (χ1n) is 14.0. The molecule has 0 bridgehead atoms. The van der Waals surface area contributed by atoms with Gasteiger partial charge in [0.05, 0.1) is 30.9 Å². The summed E-state index contributed by atoms with van der Waals surface area (Å²) in [4.78, 5) is 23.9. The third kappa shape index (κ3) is 8.50. The van der Waals surface area contributed by atoms with Gasteiger partial charge in [0.15, 0.2) is 11.5 Å². The highest BCUT2D eigenvalue weighted by Gasteiger charge is 2.33. The lowest BCUT2D eigenvalue weighted by Crippen LogP contribution is -2.37. The van der Waals surface area contributed by atoms with Crippen LogP contribution in [0.2, 0.25) is 51.4 Å². The Bertz CT molecular complexity index is 1380. The van der Waals surface area contributed by atoms with E-state index in [0.717, 1.165) is 35.6 Å². The van der Waals surface area contributed by atoms with E-state index >= 15 is 0 Å². The van der Waals surface area contributed by atoms with Gasteiger partial charge in [0.1, 0.15) is 24.5 Å². The van der Waals surface area contributed by atoms with E-state index in [0.29, 0.717) is 43.7 Å². The van der Waals surface area contributed by atoms with Crippen molar-refractivity contribution in [3.63, 3.8) is 0 Å². The Morgan fingerprint density at radius 1 is 1.07 bits per heavy atom. The van der Waals surface area contributed by atoms with Crippen molar-refractivity contribution < 1.29 is 19.0 Å². The normalized spacial score (nSPS) is 15.9. The van der Waals surface area contributed by atoms with Crippen molar-refractivity contribution in [3.8, 4) is 11.3 Å². The molecular formula is C27H43N7O4SSi2. The molecule has 41 heavy (non-hydrogen) atoms. The minimum atomic E-state index is -1.25. The number of hydrogen-bond donors (Lipinski definition) is 0. The monoisotopic (exact) mass is 617 g/mol. The van der Waals surface area contributed by atoms with Crippen LogP contribution in [0.4, 0.5) is 5.82 Å². The standard InChI is InChI=1S/C27H43N7O4SSi2/c1-20-16-33-23(21-14-29-32(17-21)18-37-9-11-40(3,4)5)15-28-25(33)26(30-20)34(19-38-10-12-41(6,7)8)24-13-22(31-39-24)27(35)36-2/h14-17,24H,9-13,18-19H2,1-8H3. The first kappa shape index (κ1) is 31.4. The van der Waals surface area contributed by atoms with E-state index in [1.165, 1.54) is 19.1 Å². The minimum absolute atomic E-state index is 0.176. The van der Waals surface area contributed by atoms with E-state index in [1.807, 2.05) is 40.8 Å². The average Bonchev–Trinajstić information content (AvgIpc) is 3.64. The Labute approximate surface area is 248 Å². The molecule has 1 unspecified atom stereocenters. The molecule has 0 spiro atoms. The summed E-state index contributed by atoms with van der Waals surface area (Å²) in [6.07, 6.45) is 8.06. The number of esters is 1. The molecule has 4 heterocycles. The third-order valence-corrected chi connectivity index (χ3v) is 11.1. The molecule has 14 heteroatoms. The van der Waals surface area contributed by atoms with Gasteiger partial charge in [-0.05, 0) is 31.0 Å². The highest BCUT2D eigenvalue weighted by atomic mass is 32.2. The van der Waals surface area contributed by atoms with Gasteiger partial charge < -0.3 is 19.1 Å². The smallest absolute Gasteiger partial charge is 0.353 e. The van der Waals surface area contributed by atoms with E-state index in [1.54, 1.807) is 0 Å². The number of carbonyl (C=O) groups is 1. The van der Waals surface area contributed by atoms with Crippen molar-refractivity contribution in [2.24, 2.45) is 4.40 Å². The molecule has 0 saturated heterocycles. The largest absolute Gasteiger partial charge is 0.465 e. The molecular weight excluding hydrogens is 575 g/mol. The number of nitrogens with zero attached hydrogens (tertiary/aromatic N) is 7. The van der Waals surface area contributed by atoms with Crippen molar-refractivity contribution >= 4 is 51.2 Å². The van der Waals surface area contributed by atoms with Crippen molar-refractivity contribution in [2.45, 2.75) is 76.8 Å². The Morgan fingerprint density at radius 3 is 2.46 bits per heavy atom. The van der Waals surface area contributed by atoms with Crippen LogP contribution in [0.15, 0.2) is 29.2 Å². The summed E-state index contributed by atoms with van der Waals surface area (Å²) >= 11 is 1.33. The lowest BCUT2D eigenvalue weighted by molar-refractivity contribution is -0.132. The van der Waals surface area contributed by atoms with Crippen LogP contribution in [0, 0.1) is 6.92 Å². The van der Waals surface area contributed by atoms with Gasteiger partial charge in [-0.3, -0.25) is 4.40 Å². The van der Waals surface area contributed by atoms with Gasteiger partial charge in [0, 0.05) is 53.7 Å². The van der Waals surface area contributed by atoms with E-state index in [-0.39, 0.29) is 5.37 Å². The summed E-state index contributed by atoms with van der Waals surface area (Å²) in [5.41, 5.74) is 3.78. The lowest BCUT2D eigenvalue weighted by atomic mass is 10.2. The number of rotatable bonds is 14. The maximum atomic E-state index is 12.2. The SMILES string of the molecule is COC(=O)C1=NSC(N(COCC[Si](C)(C)C)c2nc(C)cn3c(-c4cnn(COCC[Si](C)(C)C)c4)cnc23)C1. The van der Waals surface area contributed by atoms with E-state index in [9.17, 15) is 4.79 Å². The second kappa shape index (κ2) is 13.2. The van der Waals surface area contributed by atoms with Crippen LogP contribution in [0.1, 0.15) is 12.1 Å². The summed E-state index contributed by atoms with van der Waals surface area (Å²) in [6, 6.07) is 2.17. The first-order chi connectivity index (χ1) is 19.3. The van der Waals surface area contributed by atoms with Crippen LogP contribution < -0.4 is 4.90 Å². The van der Waals surface area contributed by atoms with E-state index < -0.39 is 22.1 Å². The van der Waals surface area contributed by atoms with Crippen molar-refractivity contribution in [2.75, 3.05) is 32.0 Å². The van der Waals surface area contributed by atoms with Gasteiger partial charge in [-0.25, -0.2) is 23.8 Å². The van der Waals surface area contributed by atoms with Crippen molar-refractivity contribution in [3.05, 3.63) is 30.5 Å². The fourth-order valence-corrected chi connectivity index (χ4v) is 6.61. The predicted octanol–water partition coefficient (Wildman–Crippen LogP) is 5.32. The van der Waals surface area contributed by atoms with Gasteiger partial charge in [-0.15, -0.1) is 0 Å².